The van der Waals surface area contributed by atoms with Crippen molar-refractivity contribution in [2.24, 2.45) is 0 Å². The molecule has 0 saturated carbocycles. The van der Waals surface area contributed by atoms with E-state index in [9.17, 15) is 4.79 Å². The quantitative estimate of drug-likeness (QED) is 0.670. The summed E-state index contributed by atoms with van der Waals surface area (Å²) in [6, 6.07) is 10.8. The highest BCUT2D eigenvalue weighted by atomic mass is 35.5. The van der Waals surface area contributed by atoms with Crippen LogP contribution in [0.2, 0.25) is 10.0 Å². The molecular formula is C18H15Cl2N3OS. The van der Waals surface area contributed by atoms with Gasteiger partial charge in [-0.1, -0.05) is 35.3 Å². The summed E-state index contributed by atoms with van der Waals surface area (Å²) in [4.78, 5) is 21.0. The molecule has 2 heterocycles. The van der Waals surface area contributed by atoms with Crippen LogP contribution < -0.4 is 5.32 Å². The Kier molecular flexibility index (Phi) is 5.68. The van der Waals surface area contributed by atoms with Crippen LogP contribution in [0.4, 0.5) is 0 Å². The van der Waals surface area contributed by atoms with Crippen molar-refractivity contribution in [3.63, 3.8) is 0 Å². The number of hydrogen-bond donors (Lipinski definition) is 1. The summed E-state index contributed by atoms with van der Waals surface area (Å²) in [7, 11) is 0. The Morgan fingerprint density at radius 3 is 2.80 bits per heavy atom. The van der Waals surface area contributed by atoms with Crippen LogP contribution in [0.3, 0.4) is 0 Å². The molecule has 7 heteroatoms. The van der Waals surface area contributed by atoms with Crippen LogP contribution in [0.1, 0.15) is 24.2 Å². The summed E-state index contributed by atoms with van der Waals surface area (Å²) in [6.07, 6.45) is 1.94. The van der Waals surface area contributed by atoms with Gasteiger partial charge in [0.25, 0.3) is 0 Å². The number of rotatable bonds is 5. The van der Waals surface area contributed by atoms with E-state index < -0.39 is 0 Å². The summed E-state index contributed by atoms with van der Waals surface area (Å²) in [5.41, 5.74) is 2.43. The van der Waals surface area contributed by atoms with Gasteiger partial charge in [-0.05, 0) is 36.8 Å². The van der Waals surface area contributed by atoms with Crippen LogP contribution >= 0.6 is 34.5 Å². The lowest BCUT2D eigenvalue weighted by Gasteiger charge is -2.14. The standard InChI is InChI=1S/C18H15Cl2N3OS/c1-11(12-5-6-14(19)15(20)8-12)22-17(24)9-13-10-25-18(23-13)16-4-2-3-7-21-16/h2-8,10-11H,9H2,1H3,(H,22,24). The van der Waals surface area contributed by atoms with Crippen molar-refractivity contribution in [1.82, 2.24) is 15.3 Å². The molecular weight excluding hydrogens is 377 g/mol. The first-order valence-corrected chi connectivity index (χ1v) is 9.26. The molecule has 0 aliphatic carbocycles. The lowest BCUT2D eigenvalue weighted by Crippen LogP contribution is -2.28. The Bertz CT molecular complexity index is 883. The molecule has 3 rings (SSSR count). The Balaban J connectivity index is 1.62. The first-order valence-electron chi connectivity index (χ1n) is 7.63. The second kappa shape index (κ2) is 7.95. The molecule has 4 nitrogen and oxygen atoms in total. The third-order valence-electron chi connectivity index (χ3n) is 3.60. The summed E-state index contributed by atoms with van der Waals surface area (Å²) in [5, 5.41) is 6.60. The summed E-state index contributed by atoms with van der Waals surface area (Å²) >= 11 is 13.4. The Morgan fingerprint density at radius 2 is 2.08 bits per heavy atom. The van der Waals surface area contributed by atoms with Gasteiger partial charge >= 0.3 is 0 Å². The van der Waals surface area contributed by atoms with Crippen LogP contribution in [0.25, 0.3) is 10.7 Å². The van der Waals surface area contributed by atoms with Crippen molar-refractivity contribution in [3.8, 4) is 10.7 Å². The van der Waals surface area contributed by atoms with Crippen molar-refractivity contribution < 1.29 is 4.79 Å². The highest BCUT2D eigenvalue weighted by Crippen LogP contribution is 2.26. The Hall–Kier alpha value is -1.95. The first-order chi connectivity index (χ1) is 12.0. The summed E-state index contributed by atoms with van der Waals surface area (Å²) < 4.78 is 0. The van der Waals surface area contributed by atoms with Gasteiger partial charge in [-0.25, -0.2) is 4.98 Å². The summed E-state index contributed by atoms with van der Waals surface area (Å²) in [6.45, 7) is 1.90. The van der Waals surface area contributed by atoms with E-state index in [-0.39, 0.29) is 18.4 Å². The van der Waals surface area contributed by atoms with E-state index in [4.69, 9.17) is 23.2 Å². The number of carbonyl (C=O) groups excluding carboxylic acids is 1. The number of hydrogen-bond acceptors (Lipinski definition) is 4. The third-order valence-corrected chi connectivity index (χ3v) is 5.25. The van der Waals surface area contributed by atoms with Crippen molar-refractivity contribution in [3.05, 3.63) is 69.3 Å². The number of pyridine rings is 1. The molecule has 1 atom stereocenters. The van der Waals surface area contributed by atoms with Gasteiger partial charge in [-0.2, -0.15) is 0 Å². The molecule has 1 aromatic carbocycles. The van der Waals surface area contributed by atoms with Crippen LogP contribution in [-0.4, -0.2) is 15.9 Å². The zero-order chi connectivity index (χ0) is 17.8. The molecule has 25 heavy (non-hydrogen) atoms. The predicted octanol–water partition coefficient (Wildman–Crippen LogP) is 4.93. The van der Waals surface area contributed by atoms with Gasteiger partial charge in [0.15, 0.2) is 0 Å². The number of nitrogens with one attached hydrogen (secondary N) is 1. The molecule has 2 aromatic heterocycles. The smallest absolute Gasteiger partial charge is 0.226 e. The largest absolute Gasteiger partial charge is 0.349 e. The maximum absolute atomic E-state index is 12.3. The number of halogens is 2. The van der Waals surface area contributed by atoms with Crippen molar-refractivity contribution in [2.75, 3.05) is 0 Å². The molecule has 0 fully saturated rings. The fraction of sp³-hybridized carbons (Fsp3) is 0.167. The van der Waals surface area contributed by atoms with E-state index in [0.717, 1.165) is 22.0 Å². The molecule has 0 spiro atoms. The molecule has 0 bridgehead atoms. The zero-order valence-corrected chi connectivity index (χ0v) is 15.7. The average molecular weight is 392 g/mol. The van der Waals surface area contributed by atoms with E-state index in [2.05, 4.69) is 15.3 Å². The second-order valence-electron chi connectivity index (χ2n) is 5.50. The molecule has 128 valence electrons. The minimum atomic E-state index is -0.170. The molecule has 1 unspecified atom stereocenters. The SMILES string of the molecule is CC(NC(=O)Cc1csc(-c2ccccn2)n1)c1ccc(Cl)c(Cl)c1. The minimum absolute atomic E-state index is 0.101. The summed E-state index contributed by atoms with van der Waals surface area (Å²) in [5.74, 6) is -0.101. The van der Waals surface area contributed by atoms with Gasteiger partial charge in [0.2, 0.25) is 5.91 Å². The minimum Gasteiger partial charge on any atom is -0.349 e. The van der Waals surface area contributed by atoms with E-state index in [1.807, 2.05) is 36.6 Å². The molecule has 1 amide bonds. The maximum Gasteiger partial charge on any atom is 0.226 e. The molecule has 0 aliphatic heterocycles. The number of aromatic nitrogens is 2. The van der Waals surface area contributed by atoms with Crippen LogP contribution in [0.5, 0.6) is 0 Å². The number of carbonyl (C=O) groups is 1. The third kappa shape index (κ3) is 4.57. The Morgan fingerprint density at radius 1 is 1.24 bits per heavy atom. The lowest BCUT2D eigenvalue weighted by atomic mass is 10.1. The molecule has 0 saturated heterocycles. The van der Waals surface area contributed by atoms with E-state index in [0.29, 0.717) is 10.0 Å². The van der Waals surface area contributed by atoms with Gasteiger partial charge in [-0.3, -0.25) is 9.78 Å². The normalized spacial score (nSPS) is 12.0. The fourth-order valence-electron chi connectivity index (χ4n) is 2.32. The van der Waals surface area contributed by atoms with Crippen LogP contribution in [-0.2, 0) is 11.2 Å². The van der Waals surface area contributed by atoms with Gasteiger partial charge in [0.1, 0.15) is 5.01 Å². The zero-order valence-electron chi connectivity index (χ0n) is 13.4. The van der Waals surface area contributed by atoms with Gasteiger partial charge in [0.05, 0.1) is 33.9 Å². The number of amides is 1. The maximum atomic E-state index is 12.3. The highest BCUT2D eigenvalue weighted by Gasteiger charge is 2.14. The van der Waals surface area contributed by atoms with E-state index in [1.54, 1.807) is 18.3 Å². The van der Waals surface area contributed by atoms with Crippen LogP contribution in [0, 0.1) is 0 Å². The van der Waals surface area contributed by atoms with Crippen LogP contribution in [0.15, 0.2) is 48.0 Å². The fourth-order valence-corrected chi connectivity index (χ4v) is 3.42. The second-order valence-corrected chi connectivity index (χ2v) is 7.17. The van der Waals surface area contributed by atoms with Gasteiger partial charge in [0, 0.05) is 11.6 Å². The number of nitrogens with zero attached hydrogens (tertiary/aromatic N) is 2. The lowest BCUT2D eigenvalue weighted by molar-refractivity contribution is -0.121. The average Bonchev–Trinajstić information content (AvgIpc) is 3.06. The van der Waals surface area contributed by atoms with E-state index in [1.165, 1.54) is 11.3 Å². The number of benzene rings is 1. The molecule has 3 aromatic rings. The number of thiazole rings is 1. The van der Waals surface area contributed by atoms with Crippen molar-refractivity contribution in [2.45, 2.75) is 19.4 Å². The van der Waals surface area contributed by atoms with Crippen molar-refractivity contribution >= 4 is 40.4 Å². The van der Waals surface area contributed by atoms with Gasteiger partial charge in [-0.15, -0.1) is 11.3 Å². The molecule has 1 N–H and O–H groups in total. The topological polar surface area (TPSA) is 54.9 Å². The molecule has 0 radical (unpaired) electrons. The highest BCUT2D eigenvalue weighted by molar-refractivity contribution is 7.13. The molecule has 0 aliphatic rings. The van der Waals surface area contributed by atoms with E-state index >= 15 is 0 Å². The Labute approximate surface area is 159 Å². The first kappa shape index (κ1) is 17.9. The van der Waals surface area contributed by atoms with Gasteiger partial charge < -0.3 is 5.32 Å². The van der Waals surface area contributed by atoms with Crippen molar-refractivity contribution in [1.29, 1.82) is 0 Å². The monoisotopic (exact) mass is 391 g/mol. The predicted molar refractivity (Wildman–Crippen MR) is 102 cm³/mol.